The van der Waals surface area contributed by atoms with Crippen LogP contribution in [0.2, 0.25) is 5.02 Å². The highest BCUT2D eigenvalue weighted by atomic mass is 35.5. The van der Waals surface area contributed by atoms with E-state index in [1.807, 2.05) is 18.2 Å². The van der Waals surface area contributed by atoms with Crippen LogP contribution < -0.4 is 0 Å². The van der Waals surface area contributed by atoms with Crippen LogP contribution in [-0.2, 0) is 11.3 Å². The molecule has 4 unspecified atom stereocenters. The van der Waals surface area contributed by atoms with E-state index in [9.17, 15) is 10.2 Å². The molecule has 0 amide bonds. The minimum absolute atomic E-state index is 0.00701. The maximum atomic E-state index is 9.94. The molecule has 4 heteroatoms. The van der Waals surface area contributed by atoms with Crippen LogP contribution in [0.3, 0.4) is 0 Å². The molecule has 0 saturated heterocycles. The van der Waals surface area contributed by atoms with E-state index in [0.29, 0.717) is 18.1 Å². The van der Waals surface area contributed by atoms with Crippen molar-refractivity contribution in [2.75, 3.05) is 0 Å². The summed E-state index contributed by atoms with van der Waals surface area (Å²) >= 11 is 5.94. The molecule has 3 nitrogen and oxygen atoms in total. The number of hydrogen-bond acceptors (Lipinski definition) is 3. The van der Waals surface area contributed by atoms with Crippen molar-refractivity contribution in [1.82, 2.24) is 0 Å². The maximum absolute atomic E-state index is 9.94. The number of aliphatic hydroxyl groups is 2. The molecule has 92 valence electrons. The lowest BCUT2D eigenvalue weighted by Crippen LogP contribution is -2.28. The minimum atomic E-state index is -0.679. The Bertz CT molecular complexity index is 435. The summed E-state index contributed by atoms with van der Waals surface area (Å²) in [6.07, 6.45) is 0.0555. The molecular weight excluding hydrogens is 240 g/mol. The van der Waals surface area contributed by atoms with Crippen molar-refractivity contribution in [3.8, 4) is 0 Å². The van der Waals surface area contributed by atoms with Gasteiger partial charge < -0.3 is 14.9 Å². The van der Waals surface area contributed by atoms with Crippen LogP contribution in [0.1, 0.15) is 30.1 Å². The predicted octanol–water partition coefficient (Wildman–Crippen LogP) is 2.04. The van der Waals surface area contributed by atoms with Crippen molar-refractivity contribution in [2.24, 2.45) is 5.92 Å². The number of fused-ring (bicyclic) bond motifs is 1. The van der Waals surface area contributed by atoms with Crippen LogP contribution in [0.25, 0.3) is 0 Å². The van der Waals surface area contributed by atoms with Gasteiger partial charge in [-0.2, -0.15) is 0 Å². The fraction of sp³-hybridized carbons (Fsp3) is 0.538. The van der Waals surface area contributed by atoms with Crippen molar-refractivity contribution in [3.05, 3.63) is 34.3 Å². The molecule has 3 rings (SSSR count). The summed E-state index contributed by atoms with van der Waals surface area (Å²) in [5.74, 6) is -0.00701. The van der Waals surface area contributed by atoms with E-state index in [-0.39, 0.29) is 12.0 Å². The first kappa shape index (κ1) is 11.5. The highest BCUT2D eigenvalue weighted by molar-refractivity contribution is 6.30. The van der Waals surface area contributed by atoms with Gasteiger partial charge >= 0.3 is 0 Å². The maximum Gasteiger partial charge on any atom is 0.0886 e. The van der Waals surface area contributed by atoms with Gasteiger partial charge in [0.2, 0.25) is 0 Å². The number of halogens is 1. The van der Waals surface area contributed by atoms with Gasteiger partial charge in [0.1, 0.15) is 0 Å². The van der Waals surface area contributed by atoms with E-state index in [4.69, 9.17) is 16.3 Å². The molecule has 17 heavy (non-hydrogen) atoms. The third kappa shape index (κ3) is 1.87. The Hall–Kier alpha value is -0.610. The number of aliphatic hydroxyl groups excluding tert-OH is 2. The Morgan fingerprint density at radius 2 is 2.06 bits per heavy atom. The normalized spacial score (nSPS) is 36.2. The van der Waals surface area contributed by atoms with Gasteiger partial charge in [0, 0.05) is 10.9 Å². The van der Waals surface area contributed by atoms with Gasteiger partial charge in [-0.25, -0.2) is 0 Å². The zero-order valence-corrected chi connectivity index (χ0v) is 10.1. The lowest BCUT2D eigenvalue weighted by Gasteiger charge is -2.23. The van der Waals surface area contributed by atoms with E-state index in [2.05, 4.69) is 0 Å². The molecule has 0 radical (unpaired) electrons. The molecule has 2 N–H and O–H groups in total. The van der Waals surface area contributed by atoms with Crippen LogP contribution in [0.4, 0.5) is 0 Å². The van der Waals surface area contributed by atoms with Gasteiger partial charge in [-0.15, -0.1) is 0 Å². The molecule has 1 saturated carbocycles. The monoisotopic (exact) mass is 254 g/mol. The Balaban J connectivity index is 1.89. The zero-order valence-electron chi connectivity index (χ0n) is 9.34. The summed E-state index contributed by atoms with van der Waals surface area (Å²) in [5.41, 5.74) is 2.20. The van der Waals surface area contributed by atoms with Crippen molar-refractivity contribution < 1.29 is 14.9 Å². The topological polar surface area (TPSA) is 49.7 Å². The number of hydrogen-bond donors (Lipinski definition) is 2. The van der Waals surface area contributed by atoms with Crippen LogP contribution in [0.5, 0.6) is 0 Å². The van der Waals surface area contributed by atoms with E-state index < -0.39 is 12.2 Å². The van der Waals surface area contributed by atoms with Crippen LogP contribution in [0.15, 0.2) is 18.2 Å². The van der Waals surface area contributed by atoms with Crippen LogP contribution in [-0.4, -0.2) is 22.4 Å². The Kier molecular flexibility index (Phi) is 2.87. The van der Waals surface area contributed by atoms with E-state index in [1.165, 1.54) is 0 Å². The fourth-order valence-corrected chi connectivity index (χ4v) is 3.12. The van der Waals surface area contributed by atoms with Crippen molar-refractivity contribution in [3.63, 3.8) is 0 Å². The number of ether oxygens (including phenoxy) is 1. The quantitative estimate of drug-likeness (QED) is 0.806. The molecule has 0 bridgehead atoms. The molecule has 0 aromatic heterocycles. The lowest BCUT2D eigenvalue weighted by molar-refractivity contribution is -0.0458. The molecule has 1 aromatic rings. The van der Waals surface area contributed by atoms with E-state index >= 15 is 0 Å². The first-order valence-corrected chi connectivity index (χ1v) is 6.30. The second-order valence-corrected chi connectivity index (χ2v) is 5.31. The lowest BCUT2D eigenvalue weighted by atomic mass is 9.91. The van der Waals surface area contributed by atoms with Gasteiger partial charge in [0.05, 0.1) is 24.9 Å². The molecule has 1 aromatic carbocycles. The van der Waals surface area contributed by atoms with Crippen LogP contribution >= 0.6 is 11.6 Å². The van der Waals surface area contributed by atoms with E-state index in [0.717, 1.165) is 17.5 Å². The van der Waals surface area contributed by atoms with Crippen molar-refractivity contribution in [2.45, 2.75) is 37.8 Å². The zero-order chi connectivity index (χ0) is 12.0. The highest BCUT2D eigenvalue weighted by Gasteiger charge is 2.42. The summed E-state index contributed by atoms with van der Waals surface area (Å²) < 4.78 is 5.75. The van der Waals surface area contributed by atoms with Crippen molar-refractivity contribution >= 4 is 11.6 Å². The summed E-state index contributed by atoms with van der Waals surface area (Å²) in [4.78, 5) is 0. The average Bonchev–Trinajstić information content (AvgIpc) is 2.84. The smallest absolute Gasteiger partial charge is 0.0886 e. The van der Waals surface area contributed by atoms with E-state index in [1.54, 1.807) is 0 Å². The molecule has 1 aliphatic carbocycles. The predicted molar refractivity (Wildman–Crippen MR) is 63.7 cm³/mol. The molecule has 1 aliphatic heterocycles. The molecule has 2 aliphatic rings. The second-order valence-electron chi connectivity index (χ2n) is 4.87. The molecule has 1 fully saturated rings. The Morgan fingerprint density at radius 1 is 1.24 bits per heavy atom. The Labute approximate surface area is 105 Å². The van der Waals surface area contributed by atoms with Gasteiger partial charge in [0.15, 0.2) is 0 Å². The number of rotatable bonds is 1. The minimum Gasteiger partial charge on any atom is -0.390 e. The largest absolute Gasteiger partial charge is 0.390 e. The van der Waals surface area contributed by atoms with Gasteiger partial charge in [0.25, 0.3) is 0 Å². The fourth-order valence-electron chi connectivity index (χ4n) is 2.92. The molecule has 4 atom stereocenters. The summed E-state index contributed by atoms with van der Waals surface area (Å²) in [6, 6.07) is 5.72. The SMILES string of the molecule is OC1CCC(C2OCc3cc(Cl)ccc32)C1O. The number of benzene rings is 1. The third-order valence-corrected chi connectivity index (χ3v) is 4.08. The third-order valence-electron chi connectivity index (χ3n) is 3.85. The average molecular weight is 255 g/mol. The van der Waals surface area contributed by atoms with Gasteiger partial charge in [-0.05, 0) is 36.1 Å². The van der Waals surface area contributed by atoms with Gasteiger partial charge in [-0.3, -0.25) is 0 Å². The summed E-state index contributed by atoms with van der Waals surface area (Å²) in [5, 5.41) is 20.2. The second kappa shape index (κ2) is 4.25. The van der Waals surface area contributed by atoms with Gasteiger partial charge in [-0.1, -0.05) is 17.7 Å². The highest BCUT2D eigenvalue weighted by Crippen LogP contribution is 2.44. The first-order valence-electron chi connectivity index (χ1n) is 5.93. The first-order chi connectivity index (χ1) is 8.16. The molecule has 0 spiro atoms. The molecular formula is C13H15ClO3. The summed E-state index contributed by atoms with van der Waals surface area (Å²) in [7, 11) is 0. The van der Waals surface area contributed by atoms with Crippen molar-refractivity contribution in [1.29, 1.82) is 0 Å². The molecule has 1 heterocycles. The van der Waals surface area contributed by atoms with Crippen LogP contribution in [0, 0.1) is 5.92 Å². The Morgan fingerprint density at radius 3 is 2.76 bits per heavy atom. The standard InChI is InChI=1S/C13H15ClO3/c14-8-1-2-9-7(5-8)6-17-13(9)10-3-4-11(15)12(10)16/h1-2,5,10-13,15-16H,3-4,6H2. The summed E-state index contributed by atoms with van der Waals surface area (Å²) in [6.45, 7) is 0.542.